The quantitative estimate of drug-likeness (QED) is 0.727. The number of ether oxygens (including phenoxy) is 2. The average Bonchev–Trinajstić information content (AvgIpc) is 2.71. The van der Waals surface area contributed by atoms with E-state index in [1.54, 1.807) is 14.2 Å². The predicted octanol–water partition coefficient (Wildman–Crippen LogP) is 3.82. The standard InChI is InChI=1S/C24H33N3O3/c1-16(2)26-24(28)25-14-21-20-13-23(30-5)22(29-4)12-19(20)9-10-27(21)15-18-8-6-7-17(3)11-18/h6-8,11-13,16,21H,9-10,14-15H2,1-5H3,(H2,25,26,28)/t21-/m1/s1. The molecule has 2 N–H and O–H groups in total. The van der Waals surface area contributed by atoms with Crippen molar-refractivity contribution in [1.29, 1.82) is 0 Å². The molecule has 2 aromatic rings. The zero-order valence-electron chi connectivity index (χ0n) is 18.6. The van der Waals surface area contributed by atoms with Gasteiger partial charge in [0.25, 0.3) is 0 Å². The number of hydrogen-bond donors (Lipinski definition) is 2. The fourth-order valence-corrected chi connectivity index (χ4v) is 4.06. The molecule has 3 rings (SSSR count). The summed E-state index contributed by atoms with van der Waals surface area (Å²) in [5.41, 5.74) is 4.94. The minimum atomic E-state index is -0.145. The first-order chi connectivity index (χ1) is 14.4. The smallest absolute Gasteiger partial charge is 0.315 e. The number of benzene rings is 2. The second-order valence-corrected chi connectivity index (χ2v) is 8.14. The molecule has 0 spiro atoms. The monoisotopic (exact) mass is 411 g/mol. The van der Waals surface area contributed by atoms with Gasteiger partial charge in [-0.1, -0.05) is 29.8 Å². The highest BCUT2D eigenvalue weighted by Gasteiger charge is 2.29. The fraction of sp³-hybridized carbons (Fsp3) is 0.458. The molecule has 30 heavy (non-hydrogen) atoms. The Labute approximate surface area is 179 Å². The summed E-state index contributed by atoms with van der Waals surface area (Å²) in [6.07, 6.45) is 0.927. The van der Waals surface area contributed by atoms with E-state index in [0.717, 1.165) is 25.3 Å². The number of aryl methyl sites for hydroxylation is 1. The third-order valence-corrected chi connectivity index (χ3v) is 5.46. The fourth-order valence-electron chi connectivity index (χ4n) is 4.06. The lowest BCUT2D eigenvalue weighted by atomic mass is 9.91. The first-order valence-electron chi connectivity index (χ1n) is 10.5. The van der Waals surface area contributed by atoms with Gasteiger partial charge in [-0.2, -0.15) is 0 Å². The number of hydrogen-bond acceptors (Lipinski definition) is 4. The molecule has 1 heterocycles. The molecule has 0 saturated carbocycles. The van der Waals surface area contributed by atoms with Crippen LogP contribution in [0.3, 0.4) is 0 Å². The van der Waals surface area contributed by atoms with Crippen LogP contribution in [0.5, 0.6) is 11.5 Å². The van der Waals surface area contributed by atoms with E-state index in [-0.39, 0.29) is 18.1 Å². The Morgan fingerprint density at radius 1 is 1.17 bits per heavy atom. The molecule has 0 aromatic heterocycles. The zero-order valence-corrected chi connectivity index (χ0v) is 18.6. The van der Waals surface area contributed by atoms with E-state index in [1.165, 1.54) is 22.3 Å². The number of carbonyl (C=O) groups is 1. The van der Waals surface area contributed by atoms with Crippen LogP contribution in [0.4, 0.5) is 4.79 Å². The Hall–Kier alpha value is -2.73. The lowest BCUT2D eigenvalue weighted by Gasteiger charge is -2.38. The van der Waals surface area contributed by atoms with Gasteiger partial charge in [0.1, 0.15) is 0 Å². The van der Waals surface area contributed by atoms with E-state index >= 15 is 0 Å². The highest BCUT2D eigenvalue weighted by molar-refractivity contribution is 5.74. The van der Waals surface area contributed by atoms with Gasteiger partial charge in [0.15, 0.2) is 11.5 Å². The maximum atomic E-state index is 12.3. The molecule has 162 valence electrons. The second kappa shape index (κ2) is 9.85. The molecular weight excluding hydrogens is 378 g/mol. The molecule has 1 aliphatic heterocycles. The summed E-state index contributed by atoms with van der Waals surface area (Å²) >= 11 is 0. The van der Waals surface area contributed by atoms with Crippen molar-refractivity contribution < 1.29 is 14.3 Å². The van der Waals surface area contributed by atoms with E-state index in [0.29, 0.717) is 12.3 Å². The zero-order chi connectivity index (χ0) is 21.7. The molecule has 0 radical (unpaired) electrons. The SMILES string of the molecule is COc1cc2c(cc1OC)[C@@H](CNC(=O)NC(C)C)N(Cc1cccc(C)c1)CC2. The van der Waals surface area contributed by atoms with Crippen molar-refractivity contribution in [2.75, 3.05) is 27.3 Å². The summed E-state index contributed by atoms with van der Waals surface area (Å²) in [5.74, 6) is 1.46. The summed E-state index contributed by atoms with van der Waals surface area (Å²) < 4.78 is 11.1. The molecule has 6 nitrogen and oxygen atoms in total. The van der Waals surface area contributed by atoms with Crippen molar-refractivity contribution in [3.8, 4) is 11.5 Å². The summed E-state index contributed by atoms with van der Waals surface area (Å²) in [6.45, 7) is 8.28. The van der Waals surface area contributed by atoms with Crippen LogP contribution in [0.2, 0.25) is 0 Å². The largest absolute Gasteiger partial charge is 0.493 e. The molecule has 2 amide bonds. The van der Waals surface area contributed by atoms with Gasteiger partial charge in [0, 0.05) is 25.7 Å². The van der Waals surface area contributed by atoms with E-state index < -0.39 is 0 Å². The molecule has 0 fully saturated rings. The number of urea groups is 1. The molecule has 1 atom stereocenters. The van der Waals surface area contributed by atoms with Gasteiger partial charge in [-0.25, -0.2) is 4.79 Å². The third kappa shape index (κ3) is 5.25. The molecule has 0 saturated heterocycles. The van der Waals surface area contributed by atoms with Crippen LogP contribution in [0.25, 0.3) is 0 Å². The Morgan fingerprint density at radius 2 is 1.90 bits per heavy atom. The van der Waals surface area contributed by atoms with Gasteiger partial charge in [0.2, 0.25) is 0 Å². The van der Waals surface area contributed by atoms with Crippen LogP contribution in [-0.4, -0.2) is 44.3 Å². The van der Waals surface area contributed by atoms with Gasteiger partial charge < -0.3 is 20.1 Å². The maximum absolute atomic E-state index is 12.3. The van der Waals surface area contributed by atoms with Gasteiger partial charge in [-0.05, 0) is 56.0 Å². The van der Waals surface area contributed by atoms with Gasteiger partial charge >= 0.3 is 6.03 Å². The summed E-state index contributed by atoms with van der Waals surface area (Å²) in [7, 11) is 3.31. The van der Waals surface area contributed by atoms with Crippen LogP contribution in [0.1, 0.15) is 42.1 Å². The van der Waals surface area contributed by atoms with Gasteiger partial charge in [0.05, 0.1) is 20.3 Å². The number of carbonyl (C=O) groups excluding carboxylic acids is 1. The van der Waals surface area contributed by atoms with Crippen molar-refractivity contribution in [3.63, 3.8) is 0 Å². The first kappa shape index (κ1) is 22.0. The van der Waals surface area contributed by atoms with E-state index in [2.05, 4.69) is 58.9 Å². The predicted molar refractivity (Wildman–Crippen MR) is 119 cm³/mol. The average molecular weight is 412 g/mol. The topological polar surface area (TPSA) is 62.8 Å². The number of methoxy groups -OCH3 is 2. The van der Waals surface area contributed by atoms with E-state index in [4.69, 9.17) is 9.47 Å². The molecule has 0 unspecified atom stereocenters. The summed E-state index contributed by atoms with van der Waals surface area (Å²) in [6, 6.07) is 12.7. The van der Waals surface area contributed by atoms with Crippen molar-refractivity contribution in [3.05, 3.63) is 58.7 Å². The third-order valence-electron chi connectivity index (χ3n) is 5.46. The van der Waals surface area contributed by atoms with Crippen molar-refractivity contribution in [1.82, 2.24) is 15.5 Å². The Balaban J connectivity index is 1.89. The van der Waals surface area contributed by atoms with Crippen LogP contribution in [0, 0.1) is 6.92 Å². The van der Waals surface area contributed by atoms with Crippen molar-refractivity contribution in [2.45, 2.75) is 45.8 Å². The molecular formula is C24H33N3O3. The van der Waals surface area contributed by atoms with Crippen LogP contribution in [-0.2, 0) is 13.0 Å². The van der Waals surface area contributed by atoms with Gasteiger partial charge in [-0.3, -0.25) is 4.90 Å². The summed E-state index contributed by atoms with van der Waals surface area (Å²) in [5, 5.41) is 5.96. The molecule has 0 bridgehead atoms. The Bertz CT molecular complexity index is 882. The minimum absolute atomic E-state index is 0.0481. The number of rotatable bonds is 7. The minimum Gasteiger partial charge on any atom is -0.493 e. The highest BCUT2D eigenvalue weighted by Crippen LogP contribution is 2.38. The van der Waals surface area contributed by atoms with Crippen LogP contribution >= 0.6 is 0 Å². The second-order valence-electron chi connectivity index (χ2n) is 8.14. The molecule has 6 heteroatoms. The van der Waals surface area contributed by atoms with Gasteiger partial charge in [-0.15, -0.1) is 0 Å². The normalized spacial score (nSPS) is 16.1. The number of fused-ring (bicyclic) bond motifs is 1. The molecule has 1 aliphatic rings. The van der Waals surface area contributed by atoms with Crippen molar-refractivity contribution in [2.24, 2.45) is 0 Å². The summed E-state index contributed by atoms with van der Waals surface area (Å²) in [4.78, 5) is 14.7. The number of amides is 2. The molecule has 2 aromatic carbocycles. The highest BCUT2D eigenvalue weighted by atomic mass is 16.5. The van der Waals surface area contributed by atoms with Crippen LogP contribution < -0.4 is 20.1 Å². The number of nitrogens with one attached hydrogen (secondary N) is 2. The lowest BCUT2D eigenvalue weighted by Crippen LogP contribution is -2.45. The van der Waals surface area contributed by atoms with E-state index in [1.807, 2.05) is 13.8 Å². The first-order valence-corrected chi connectivity index (χ1v) is 10.5. The van der Waals surface area contributed by atoms with Crippen LogP contribution in [0.15, 0.2) is 36.4 Å². The van der Waals surface area contributed by atoms with E-state index in [9.17, 15) is 4.79 Å². The molecule has 0 aliphatic carbocycles. The lowest BCUT2D eigenvalue weighted by molar-refractivity contribution is 0.170. The Kier molecular flexibility index (Phi) is 7.21. The van der Waals surface area contributed by atoms with Crippen molar-refractivity contribution >= 4 is 6.03 Å². The maximum Gasteiger partial charge on any atom is 0.315 e. The number of nitrogens with zero attached hydrogens (tertiary/aromatic N) is 1. The Morgan fingerprint density at radius 3 is 2.57 bits per heavy atom.